The van der Waals surface area contributed by atoms with E-state index in [1.165, 1.54) is 6.42 Å². The summed E-state index contributed by atoms with van der Waals surface area (Å²) in [5.41, 5.74) is 0. The predicted octanol–water partition coefficient (Wildman–Crippen LogP) is 2.98. The van der Waals surface area contributed by atoms with E-state index >= 15 is 0 Å². The van der Waals surface area contributed by atoms with Crippen LogP contribution in [0.4, 0.5) is 0 Å². The molecule has 1 nitrogen and oxygen atoms in total. The zero-order chi connectivity index (χ0) is 8.95. The molecule has 0 unspecified atom stereocenters. The number of rotatable bonds is 5. The highest BCUT2D eigenvalue weighted by atomic mass is 14.8. The van der Waals surface area contributed by atoms with Crippen molar-refractivity contribution in [2.45, 2.75) is 40.5 Å². The molecule has 68 valence electrons. The van der Waals surface area contributed by atoms with Crippen molar-refractivity contribution in [1.82, 2.24) is 5.32 Å². The van der Waals surface area contributed by atoms with Crippen molar-refractivity contribution in [3.05, 3.63) is 12.2 Å². The molecule has 0 aliphatic carbocycles. The Morgan fingerprint density at radius 1 is 1.09 bits per heavy atom. The van der Waals surface area contributed by atoms with Crippen molar-refractivity contribution >= 4 is 0 Å². The normalized spacial score (nSPS) is 9.45. The first-order valence-electron chi connectivity index (χ1n) is 4.77. The van der Waals surface area contributed by atoms with Crippen LogP contribution in [0.15, 0.2) is 12.2 Å². The SMILES string of the molecule is CC.CC/C=C\CNCCC. The highest BCUT2D eigenvalue weighted by molar-refractivity contribution is 4.81. The third kappa shape index (κ3) is 17.7. The van der Waals surface area contributed by atoms with Crippen LogP contribution < -0.4 is 5.32 Å². The summed E-state index contributed by atoms with van der Waals surface area (Å²) in [7, 11) is 0. The van der Waals surface area contributed by atoms with E-state index in [0.29, 0.717) is 0 Å². The van der Waals surface area contributed by atoms with Gasteiger partial charge in [-0.2, -0.15) is 0 Å². The third-order valence-corrected chi connectivity index (χ3v) is 1.09. The van der Waals surface area contributed by atoms with Crippen LogP contribution in [0.3, 0.4) is 0 Å². The molecule has 0 heterocycles. The summed E-state index contributed by atoms with van der Waals surface area (Å²) in [6, 6.07) is 0. The minimum atomic E-state index is 1.03. The van der Waals surface area contributed by atoms with Gasteiger partial charge < -0.3 is 5.32 Å². The Morgan fingerprint density at radius 3 is 2.18 bits per heavy atom. The van der Waals surface area contributed by atoms with E-state index in [0.717, 1.165) is 19.5 Å². The van der Waals surface area contributed by atoms with E-state index in [-0.39, 0.29) is 0 Å². The van der Waals surface area contributed by atoms with Crippen LogP contribution in [0.5, 0.6) is 0 Å². The van der Waals surface area contributed by atoms with E-state index in [1.807, 2.05) is 13.8 Å². The van der Waals surface area contributed by atoms with E-state index in [9.17, 15) is 0 Å². The van der Waals surface area contributed by atoms with E-state index in [1.54, 1.807) is 0 Å². The van der Waals surface area contributed by atoms with Gasteiger partial charge in [-0.1, -0.05) is 39.8 Å². The average Bonchev–Trinajstić information content (AvgIpc) is 2.08. The summed E-state index contributed by atoms with van der Waals surface area (Å²) in [4.78, 5) is 0. The highest BCUT2D eigenvalue weighted by Crippen LogP contribution is 1.77. The molecule has 0 aromatic rings. The topological polar surface area (TPSA) is 12.0 Å². The molecule has 0 saturated heterocycles. The Hall–Kier alpha value is -0.300. The number of nitrogens with one attached hydrogen (secondary N) is 1. The first-order valence-corrected chi connectivity index (χ1v) is 4.77. The second-order valence-corrected chi connectivity index (χ2v) is 2.08. The molecule has 0 amide bonds. The molecule has 0 bridgehead atoms. The van der Waals surface area contributed by atoms with Gasteiger partial charge >= 0.3 is 0 Å². The Kier molecular flexibility index (Phi) is 19.8. The Labute approximate surface area is 71.9 Å². The lowest BCUT2D eigenvalue weighted by atomic mass is 10.4. The molecule has 0 aliphatic heterocycles. The Balaban J connectivity index is 0. The van der Waals surface area contributed by atoms with Crippen molar-refractivity contribution in [3.8, 4) is 0 Å². The molecule has 0 radical (unpaired) electrons. The van der Waals surface area contributed by atoms with Crippen LogP contribution in [0.2, 0.25) is 0 Å². The molecule has 0 fully saturated rings. The maximum absolute atomic E-state index is 3.28. The maximum Gasteiger partial charge on any atom is 0.0134 e. The van der Waals surface area contributed by atoms with E-state index < -0.39 is 0 Å². The highest BCUT2D eigenvalue weighted by Gasteiger charge is 1.75. The summed E-state index contributed by atoms with van der Waals surface area (Å²) < 4.78 is 0. The summed E-state index contributed by atoms with van der Waals surface area (Å²) in [5.74, 6) is 0. The van der Waals surface area contributed by atoms with Gasteiger partial charge in [-0.05, 0) is 19.4 Å². The minimum absolute atomic E-state index is 1.03. The minimum Gasteiger partial charge on any atom is -0.313 e. The fourth-order valence-corrected chi connectivity index (χ4v) is 0.612. The van der Waals surface area contributed by atoms with Crippen LogP contribution in [0, 0.1) is 0 Å². The second kappa shape index (κ2) is 16.4. The fourth-order valence-electron chi connectivity index (χ4n) is 0.612. The molecule has 0 saturated carbocycles. The maximum atomic E-state index is 3.28. The smallest absolute Gasteiger partial charge is 0.0134 e. The van der Waals surface area contributed by atoms with Gasteiger partial charge in [0.2, 0.25) is 0 Å². The largest absolute Gasteiger partial charge is 0.313 e. The lowest BCUT2D eigenvalue weighted by Gasteiger charge is -1.94. The molecule has 0 rings (SSSR count). The molecule has 1 N–H and O–H groups in total. The van der Waals surface area contributed by atoms with Crippen molar-refractivity contribution in [2.75, 3.05) is 13.1 Å². The molecule has 0 aliphatic rings. The Morgan fingerprint density at radius 2 is 1.73 bits per heavy atom. The van der Waals surface area contributed by atoms with Gasteiger partial charge in [-0.25, -0.2) is 0 Å². The van der Waals surface area contributed by atoms with Gasteiger partial charge in [0.15, 0.2) is 0 Å². The molecule has 1 heteroatoms. The van der Waals surface area contributed by atoms with Gasteiger partial charge in [0.05, 0.1) is 0 Å². The summed E-state index contributed by atoms with van der Waals surface area (Å²) in [6.07, 6.45) is 6.73. The summed E-state index contributed by atoms with van der Waals surface area (Å²) >= 11 is 0. The lowest BCUT2D eigenvalue weighted by molar-refractivity contribution is 0.728. The van der Waals surface area contributed by atoms with Gasteiger partial charge in [0, 0.05) is 6.54 Å². The van der Waals surface area contributed by atoms with Gasteiger partial charge in [-0.3, -0.25) is 0 Å². The van der Waals surface area contributed by atoms with E-state index in [2.05, 4.69) is 31.3 Å². The van der Waals surface area contributed by atoms with Crippen LogP contribution >= 0.6 is 0 Å². The summed E-state index contributed by atoms with van der Waals surface area (Å²) in [6.45, 7) is 10.5. The van der Waals surface area contributed by atoms with Gasteiger partial charge in [-0.15, -0.1) is 0 Å². The average molecular weight is 157 g/mol. The first kappa shape index (κ1) is 13.3. The van der Waals surface area contributed by atoms with Crippen LogP contribution in [-0.4, -0.2) is 13.1 Å². The van der Waals surface area contributed by atoms with Crippen molar-refractivity contribution in [3.63, 3.8) is 0 Å². The fraction of sp³-hybridized carbons (Fsp3) is 0.800. The standard InChI is InChI=1S/C8H17N.C2H6/c1-3-5-6-8-9-7-4-2;1-2/h5-6,9H,3-4,7-8H2,1-2H3;1-2H3/b6-5-;. The number of allylic oxidation sites excluding steroid dienone is 1. The van der Waals surface area contributed by atoms with Crippen LogP contribution in [0.1, 0.15) is 40.5 Å². The monoisotopic (exact) mass is 157 g/mol. The molecular formula is C10H23N. The molecule has 0 aromatic carbocycles. The molecule has 0 aromatic heterocycles. The predicted molar refractivity (Wildman–Crippen MR) is 53.9 cm³/mol. The molecule has 0 atom stereocenters. The number of hydrogen-bond donors (Lipinski definition) is 1. The third-order valence-electron chi connectivity index (χ3n) is 1.09. The lowest BCUT2D eigenvalue weighted by Crippen LogP contribution is -2.13. The Bertz CT molecular complexity index is 67.3. The van der Waals surface area contributed by atoms with Gasteiger partial charge in [0.1, 0.15) is 0 Å². The van der Waals surface area contributed by atoms with Crippen LogP contribution in [-0.2, 0) is 0 Å². The summed E-state index contributed by atoms with van der Waals surface area (Å²) in [5, 5.41) is 3.28. The molecule has 11 heavy (non-hydrogen) atoms. The zero-order valence-electron chi connectivity index (χ0n) is 8.48. The van der Waals surface area contributed by atoms with Gasteiger partial charge in [0.25, 0.3) is 0 Å². The van der Waals surface area contributed by atoms with Crippen molar-refractivity contribution in [2.24, 2.45) is 0 Å². The van der Waals surface area contributed by atoms with E-state index in [4.69, 9.17) is 0 Å². The van der Waals surface area contributed by atoms with Crippen molar-refractivity contribution in [1.29, 1.82) is 0 Å². The number of hydrogen-bond acceptors (Lipinski definition) is 1. The van der Waals surface area contributed by atoms with Crippen molar-refractivity contribution < 1.29 is 0 Å². The molecule has 0 spiro atoms. The first-order chi connectivity index (χ1) is 5.41. The molecular weight excluding hydrogens is 134 g/mol. The zero-order valence-corrected chi connectivity index (χ0v) is 8.48. The quantitative estimate of drug-likeness (QED) is 0.478. The second-order valence-electron chi connectivity index (χ2n) is 2.08. The van der Waals surface area contributed by atoms with Crippen LogP contribution in [0.25, 0.3) is 0 Å².